The maximum absolute atomic E-state index is 11.6. The predicted molar refractivity (Wildman–Crippen MR) is 103 cm³/mol. The second-order valence-electron chi connectivity index (χ2n) is 7.65. The standard InChI is InChI=1S/C14H27NO3.C6H13N/c1-4-5-6-7-8-9-13(16)15-12(14(17)18)10-11(2)3;7-6-4-2-1-3-5-6/h11-12H,4-10H2,1-3H3,(H,15,16)(H,17,18);6H,1-5,7H2. The molecule has 1 unspecified atom stereocenters. The van der Waals surface area contributed by atoms with Crippen LogP contribution in [0.15, 0.2) is 0 Å². The van der Waals surface area contributed by atoms with E-state index in [0.717, 1.165) is 19.3 Å². The monoisotopic (exact) mass is 356 g/mol. The molecule has 0 aliphatic heterocycles. The van der Waals surface area contributed by atoms with Crippen molar-refractivity contribution in [3.05, 3.63) is 0 Å². The molecule has 1 atom stereocenters. The molecule has 0 spiro atoms. The van der Waals surface area contributed by atoms with Crippen LogP contribution in [0.3, 0.4) is 0 Å². The van der Waals surface area contributed by atoms with Crippen molar-refractivity contribution in [1.29, 1.82) is 0 Å². The van der Waals surface area contributed by atoms with Gasteiger partial charge in [0.05, 0.1) is 0 Å². The first-order valence-electron chi connectivity index (χ1n) is 10.1. The Morgan fingerprint density at radius 3 is 2.12 bits per heavy atom. The van der Waals surface area contributed by atoms with Gasteiger partial charge in [0, 0.05) is 12.5 Å². The van der Waals surface area contributed by atoms with Crippen molar-refractivity contribution in [2.24, 2.45) is 11.7 Å². The Morgan fingerprint density at radius 1 is 1.08 bits per heavy atom. The van der Waals surface area contributed by atoms with E-state index < -0.39 is 12.0 Å². The van der Waals surface area contributed by atoms with Gasteiger partial charge in [-0.1, -0.05) is 65.7 Å². The Hall–Kier alpha value is -1.10. The van der Waals surface area contributed by atoms with Gasteiger partial charge in [0.25, 0.3) is 0 Å². The number of carbonyl (C=O) groups excluding carboxylic acids is 1. The average molecular weight is 357 g/mol. The van der Waals surface area contributed by atoms with Gasteiger partial charge < -0.3 is 16.2 Å². The third-order valence-electron chi connectivity index (χ3n) is 4.50. The minimum Gasteiger partial charge on any atom is -0.480 e. The maximum Gasteiger partial charge on any atom is 0.326 e. The van der Waals surface area contributed by atoms with Crippen molar-refractivity contribution in [1.82, 2.24) is 5.32 Å². The summed E-state index contributed by atoms with van der Waals surface area (Å²) in [5.74, 6) is -0.821. The van der Waals surface area contributed by atoms with Crippen molar-refractivity contribution in [3.63, 3.8) is 0 Å². The van der Waals surface area contributed by atoms with Crippen LogP contribution in [0.25, 0.3) is 0 Å². The number of carboxylic acids is 1. The van der Waals surface area contributed by atoms with Crippen LogP contribution in [0, 0.1) is 5.92 Å². The summed E-state index contributed by atoms with van der Waals surface area (Å²) in [5.41, 5.74) is 5.63. The number of amides is 1. The van der Waals surface area contributed by atoms with Crippen LogP contribution >= 0.6 is 0 Å². The highest BCUT2D eigenvalue weighted by atomic mass is 16.4. The molecule has 1 amide bonds. The quantitative estimate of drug-likeness (QED) is 0.510. The third kappa shape index (κ3) is 14.9. The molecule has 1 rings (SSSR count). The van der Waals surface area contributed by atoms with Crippen molar-refractivity contribution in [3.8, 4) is 0 Å². The number of hydrogen-bond donors (Lipinski definition) is 3. The SMILES string of the molecule is CCCCCCCC(=O)NC(CC(C)C)C(=O)O.NC1CCCCC1. The molecule has 5 nitrogen and oxygen atoms in total. The number of carbonyl (C=O) groups is 2. The highest BCUT2D eigenvalue weighted by Gasteiger charge is 2.20. The summed E-state index contributed by atoms with van der Waals surface area (Å²) in [6.07, 6.45) is 13.0. The van der Waals surface area contributed by atoms with Crippen LogP contribution in [0.2, 0.25) is 0 Å². The van der Waals surface area contributed by atoms with Gasteiger partial charge in [-0.3, -0.25) is 4.79 Å². The zero-order valence-corrected chi connectivity index (χ0v) is 16.6. The van der Waals surface area contributed by atoms with Gasteiger partial charge in [-0.05, 0) is 31.6 Å². The minimum absolute atomic E-state index is 0.139. The summed E-state index contributed by atoms with van der Waals surface area (Å²) >= 11 is 0. The van der Waals surface area contributed by atoms with Gasteiger partial charge in [-0.25, -0.2) is 4.79 Å². The lowest BCUT2D eigenvalue weighted by Crippen LogP contribution is -2.41. The summed E-state index contributed by atoms with van der Waals surface area (Å²) in [6.45, 7) is 6.05. The molecule has 1 saturated carbocycles. The van der Waals surface area contributed by atoms with E-state index >= 15 is 0 Å². The van der Waals surface area contributed by atoms with Crippen LogP contribution < -0.4 is 11.1 Å². The van der Waals surface area contributed by atoms with E-state index in [1.807, 2.05) is 13.8 Å². The van der Waals surface area contributed by atoms with Crippen LogP contribution in [0.4, 0.5) is 0 Å². The molecule has 25 heavy (non-hydrogen) atoms. The van der Waals surface area contributed by atoms with Gasteiger partial charge in [-0.15, -0.1) is 0 Å². The molecule has 0 aromatic carbocycles. The Balaban J connectivity index is 0.000000676. The molecule has 148 valence electrons. The van der Waals surface area contributed by atoms with Crippen LogP contribution in [0.1, 0.15) is 97.8 Å². The average Bonchev–Trinajstić information content (AvgIpc) is 2.55. The second kappa shape index (κ2) is 15.2. The lowest BCUT2D eigenvalue weighted by molar-refractivity contribution is -0.142. The number of hydrogen-bond acceptors (Lipinski definition) is 3. The van der Waals surface area contributed by atoms with Gasteiger partial charge >= 0.3 is 5.97 Å². The lowest BCUT2D eigenvalue weighted by atomic mass is 9.97. The smallest absolute Gasteiger partial charge is 0.326 e. The van der Waals surface area contributed by atoms with Crippen LogP contribution in [-0.2, 0) is 9.59 Å². The molecule has 1 aliphatic carbocycles. The maximum atomic E-state index is 11.6. The summed E-state index contributed by atoms with van der Waals surface area (Å²) in [5, 5.41) is 11.6. The number of nitrogens with one attached hydrogen (secondary N) is 1. The largest absolute Gasteiger partial charge is 0.480 e. The number of carboxylic acid groups (broad SMARTS) is 1. The van der Waals surface area contributed by atoms with Gasteiger partial charge in [0.15, 0.2) is 0 Å². The van der Waals surface area contributed by atoms with Gasteiger partial charge in [0.1, 0.15) is 6.04 Å². The number of nitrogens with two attached hydrogens (primary N) is 1. The fourth-order valence-electron chi connectivity index (χ4n) is 2.98. The molecule has 4 N–H and O–H groups in total. The fraction of sp³-hybridized carbons (Fsp3) is 0.900. The molecular formula is C20H40N2O3. The minimum atomic E-state index is -0.942. The first kappa shape index (κ1) is 23.9. The van der Waals surface area contributed by atoms with E-state index in [2.05, 4.69) is 12.2 Å². The van der Waals surface area contributed by atoms with Crippen molar-refractivity contribution in [2.75, 3.05) is 0 Å². The molecule has 0 bridgehead atoms. The zero-order chi connectivity index (χ0) is 19.1. The van der Waals surface area contributed by atoms with Gasteiger partial charge in [-0.2, -0.15) is 0 Å². The van der Waals surface area contributed by atoms with Crippen molar-refractivity contribution in [2.45, 2.75) is 110 Å². The normalized spacial score (nSPS) is 16.0. The van der Waals surface area contributed by atoms with Crippen LogP contribution in [-0.4, -0.2) is 29.1 Å². The molecule has 0 radical (unpaired) electrons. The van der Waals surface area contributed by atoms with Crippen LogP contribution in [0.5, 0.6) is 0 Å². The Bertz CT molecular complexity index is 353. The summed E-state index contributed by atoms with van der Waals surface area (Å²) in [7, 11) is 0. The Morgan fingerprint density at radius 2 is 1.68 bits per heavy atom. The third-order valence-corrected chi connectivity index (χ3v) is 4.50. The molecule has 0 aromatic heterocycles. The van der Waals surface area contributed by atoms with Crippen molar-refractivity contribution >= 4 is 11.9 Å². The van der Waals surface area contributed by atoms with Gasteiger partial charge in [0.2, 0.25) is 5.91 Å². The zero-order valence-electron chi connectivity index (χ0n) is 16.6. The Labute approximate surface area is 154 Å². The number of unbranched alkanes of at least 4 members (excludes halogenated alkanes) is 4. The number of aliphatic carboxylic acids is 1. The molecule has 0 heterocycles. The first-order valence-corrected chi connectivity index (χ1v) is 10.1. The molecule has 0 saturated heterocycles. The molecule has 5 heteroatoms. The summed E-state index contributed by atoms with van der Waals surface area (Å²) in [6, 6.07) is -0.207. The Kier molecular flexibility index (Phi) is 14.5. The second-order valence-corrected chi connectivity index (χ2v) is 7.65. The highest BCUT2D eigenvalue weighted by Crippen LogP contribution is 2.14. The molecular weight excluding hydrogens is 316 g/mol. The summed E-state index contributed by atoms with van der Waals surface area (Å²) in [4.78, 5) is 22.6. The lowest BCUT2D eigenvalue weighted by Gasteiger charge is -2.16. The van der Waals surface area contributed by atoms with E-state index in [-0.39, 0.29) is 11.8 Å². The first-order chi connectivity index (χ1) is 11.9. The van der Waals surface area contributed by atoms with E-state index in [1.165, 1.54) is 44.9 Å². The van der Waals surface area contributed by atoms with E-state index in [9.17, 15) is 9.59 Å². The number of rotatable bonds is 10. The van der Waals surface area contributed by atoms with E-state index in [0.29, 0.717) is 18.9 Å². The summed E-state index contributed by atoms with van der Waals surface area (Å²) < 4.78 is 0. The molecule has 1 fully saturated rings. The van der Waals surface area contributed by atoms with E-state index in [1.54, 1.807) is 0 Å². The molecule has 0 aromatic rings. The van der Waals surface area contributed by atoms with E-state index in [4.69, 9.17) is 10.8 Å². The highest BCUT2D eigenvalue weighted by molar-refractivity contribution is 5.83. The molecule has 1 aliphatic rings. The fourth-order valence-corrected chi connectivity index (χ4v) is 2.98. The predicted octanol–water partition coefficient (Wildman–Crippen LogP) is 4.24. The topological polar surface area (TPSA) is 92.4 Å². The van der Waals surface area contributed by atoms with Crippen molar-refractivity contribution < 1.29 is 14.7 Å².